The van der Waals surface area contributed by atoms with E-state index in [1.165, 1.54) is 12.3 Å². The Morgan fingerprint density at radius 1 is 1.50 bits per heavy atom. The summed E-state index contributed by atoms with van der Waals surface area (Å²) in [6.45, 7) is 6.01. The predicted molar refractivity (Wildman–Crippen MR) is 92.9 cm³/mol. The molecule has 2 rings (SSSR count). The second-order valence-corrected chi connectivity index (χ2v) is 9.16. The largest absolute Gasteiger partial charge is 0.443 e. The van der Waals surface area contributed by atoms with E-state index in [2.05, 4.69) is 26.2 Å². The van der Waals surface area contributed by atoms with Crippen LogP contribution in [0.25, 0.3) is 0 Å². The Hall–Kier alpha value is -1.39. The van der Waals surface area contributed by atoms with Crippen LogP contribution in [0.3, 0.4) is 0 Å². The molecule has 1 aromatic heterocycles. The van der Waals surface area contributed by atoms with Crippen LogP contribution in [0.2, 0.25) is 0 Å². The first-order valence-electron chi connectivity index (χ1n) is 7.41. The molecule has 1 saturated heterocycles. The first-order chi connectivity index (χ1) is 11.0. The van der Waals surface area contributed by atoms with E-state index in [0.29, 0.717) is 24.0 Å². The lowest BCUT2D eigenvalue weighted by molar-refractivity contribution is 0.0348. The topological polar surface area (TPSA) is 115 Å². The monoisotopic (exact) mass is 420 g/mol. The fraction of sp³-hybridized carbons (Fsp3) is 0.571. The summed E-state index contributed by atoms with van der Waals surface area (Å²) in [6.07, 6.45) is 0.971. The van der Waals surface area contributed by atoms with Crippen molar-refractivity contribution in [3.8, 4) is 0 Å². The number of sulfonamides is 1. The summed E-state index contributed by atoms with van der Waals surface area (Å²) in [7, 11) is -4.21. The standard InChI is InChI=1S/C14H21BrN4O4S/c1-14(2,3)23-13(20)19(10-4-5-17-8-10)24(21,22)11-6-9(15)7-18-12(11)16/h6-7,10,17H,4-5,8H2,1-3H3,(H2,16,18)/t10-/m1/s1. The SMILES string of the molecule is CC(C)(C)OC(=O)N([C@@H]1CCNC1)S(=O)(=O)c1cc(Br)cnc1N. The van der Waals surface area contributed by atoms with Gasteiger partial charge in [-0.3, -0.25) is 0 Å². The van der Waals surface area contributed by atoms with Gasteiger partial charge in [0.1, 0.15) is 16.3 Å². The van der Waals surface area contributed by atoms with Crippen LogP contribution in [0.5, 0.6) is 0 Å². The van der Waals surface area contributed by atoms with E-state index in [1.54, 1.807) is 20.8 Å². The average Bonchev–Trinajstić information content (AvgIpc) is 2.92. The molecule has 1 aliphatic heterocycles. The highest BCUT2D eigenvalue weighted by atomic mass is 79.9. The number of rotatable bonds is 3. The molecular formula is C14H21BrN4O4S. The molecule has 0 radical (unpaired) electrons. The predicted octanol–water partition coefficient (Wildman–Crippen LogP) is 1.71. The number of hydrogen-bond donors (Lipinski definition) is 2. The molecule has 1 amide bonds. The molecule has 0 saturated carbocycles. The molecular weight excluding hydrogens is 400 g/mol. The third-order valence-electron chi connectivity index (χ3n) is 3.32. The van der Waals surface area contributed by atoms with E-state index in [9.17, 15) is 13.2 Å². The summed E-state index contributed by atoms with van der Waals surface area (Å²) < 4.78 is 32.7. The van der Waals surface area contributed by atoms with Crippen molar-refractivity contribution in [3.05, 3.63) is 16.7 Å². The minimum atomic E-state index is -4.21. The lowest BCUT2D eigenvalue weighted by atomic mass is 10.2. The summed E-state index contributed by atoms with van der Waals surface area (Å²) in [5, 5.41) is 3.05. The van der Waals surface area contributed by atoms with Crippen LogP contribution in [0.4, 0.5) is 10.6 Å². The van der Waals surface area contributed by atoms with Gasteiger partial charge in [-0.05, 0) is 55.7 Å². The summed E-state index contributed by atoms with van der Waals surface area (Å²) in [6, 6.07) is 0.792. The Morgan fingerprint density at radius 3 is 2.71 bits per heavy atom. The lowest BCUT2D eigenvalue weighted by Crippen LogP contribution is -2.48. The van der Waals surface area contributed by atoms with E-state index < -0.39 is 27.8 Å². The van der Waals surface area contributed by atoms with Crippen LogP contribution in [-0.4, -0.2) is 48.5 Å². The van der Waals surface area contributed by atoms with Crippen LogP contribution in [0.1, 0.15) is 27.2 Å². The second kappa shape index (κ2) is 6.85. The molecule has 1 aliphatic rings. The third kappa shape index (κ3) is 4.17. The zero-order chi connectivity index (χ0) is 18.1. The molecule has 3 N–H and O–H groups in total. The molecule has 8 nitrogen and oxygen atoms in total. The molecule has 0 spiro atoms. The number of aromatic nitrogens is 1. The number of nitrogens with zero attached hydrogens (tertiary/aromatic N) is 2. The van der Waals surface area contributed by atoms with Crippen molar-refractivity contribution < 1.29 is 17.9 Å². The Labute approximate surface area is 149 Å². The summed E-state index contributed by atoms with van der Waals surface area (Å²) in [5.74, 6) is -0.169. The molecule has 10 heteroatoms. The number of amides is 1. The van der Waals surface area contributed by atoms with Gasteiger partial charge in [0.25, 0.3) is 10.0 Å². The highest BCUT2D eigenvalue weighted by Crippen LogP contribution is 2.28. The molecule has 1 fully saturated rings. The minimum Gasteiger partial charge on any atom is -0.443 e. The van der Waals surface area contributed by atoms with Crippen molar-refractivity contribution in [1.29, 1.82) is 0 Å². The van der Waals surface area contributed by atoms with Crippen molar-refractivity contribution in [2.45, 2.75) is 43.7 Å². The molecule has 134 valence electrons. The number of carbonyl (C=O) groups excluding carboxylic acids is 1. The molecule has 0 aromatic carbocycles. The fourth-order valence-electron chi connectivity index (χ4n) is 2.33. The van der Waals surface area contributed by atoms with Gasteiger partial charge >= 0.3 is 6.09 Å². The zero-order valence-electron chi connectivity index (χ0n) is 13.7. The van der Waals surface area contributed by atoms with Crippen LogP contribution < -0.4 is 11.1 Å². The first kappa shape index (κ1) is 18.9. The van der Waals surface area contributed by atoms with Gasteiger partial charge in [0.2, 0.25) is 0 Å². The van der Waals surface area contributed by atoms with Crippen molar-refractivity contribution in [3.63, 3.8) is 0 Å². The van der Waals surface area contributed by atoms with Gasteiger partial charge in [0.05, 0.1) is 6.04 Å². The van der Waals surface area contributed by atoms with Gasteiger partial charge in [-0.15, -0.1) is 0 Å². The summed E-state index contributed by atoms with van der Waals surface area (Å²) in [4.78, 5) is 16.2. The average molecular weight is 421 g/mol. The fourth-order valence-corrected chi connectivity index (χ4v) is 4.43. The second-order valence-electron chi connectivity index (χ2n) is 6.46. The van der Waals surface area contributed by atoms with E-state index in [0.717, 1.165) is 4.31 Å². The van der Waals surface area contributed by atoms with Gasteiger partial charge in [-0.25, -0.2) is 18.2 Å². The Kier molecular flexibility index (Phi) is 5.41. The minimum absolute atomic E-state index is 0.169. The molecule has 1 aromatic rings. The molecule has 1 atom stereocenters. The Morgan fingerprint density at radius 2 is 2.17 bits per heavy atom. The number of carbonyl (C=O) groups is 1. The van der Waals surface area contributed by atoms with Crippen molar-refractivity contribution in [1.82, 2.24) is 14.6 Å². The quantitative estimate of drug-likeness (QED) is 0.764. The number of anilines is 1. The van der Waals surface area contributed by atoms with Crippen molar-refractivity contribution >= 4 is 37.9 Å². The molecule has 0 unspecified atom stereocenters. The Bertz CT molecular complexity index is 727. The van der Waals surface area contributed by atoms with Crippen LogP contribution in [0.15, 0.2) is 21.6 Å². The third-order valence-corrected chi connectivity index (χ3v) is 5.61. The number of halogens is 1. The Balaban J connectivity index is 2.49. The number of pyridine rings is 1. The number of ether oxygens (including phenoxy) is 1. The summed E-state index contributed by atoms with van der Waals surface area (Å²) in [5.41, 5.74) is 4.91. The normalized spacial score (nSPS) is 18.4. The van der Waals surface area contributed by atoms with Crippen LogP contribution >= 0.6 is 15.9 Å². The van der Waals surface area contributed by atoms with Gasteiger partial charge in [-0.2, -0.15) is 4.31 Å². The first-order valence-corrected chi connectivity index (χ1v) is 9.65. The number of nitrogens with one attached hydrogen (secondary N) is 1. The van der Waals surface area contributed by atoms with Gasteiger partial charge in [0, 0.05) is 17.2 Å². The maximum Gasteiger partial charge on any atom is 0.424 e. The number of hydrogen-bond acceptors (Lipinski definition) is 7. The van der Waals surface area contributed by atoms with Crippen molar-refractivity contribution in [2.24, 2.45) is 0 Å². The van der Waals surface area contributed by atoms with E-state index in [4.69, 9.17) is 10.5 Å². The smallest absolute Gasteiger partial charge is 0.424 e. The van der Waals surface area contributed by atoms with E-state index in [-0.39, 0.29) is 10.7 Å². The zero-order valence-corrected chi connectivity index (χ0v) is 16.1. The van der Waals surface area contributed by atoms with Gasteiger partial charge in [0.15, 0.2) is 0 Å². The number of nitrogens with two attached hydrogens (primary N) is 1. The van der Waals surface area contributed by atoms with E-state index in [1.807, 2.05) is 0 Å². The van der Waals surface area contributed by atoms with Crippen LogP contribution in [-0.2, 0) is 14.8 Å². The van der Waals surface area contributed by atoms with Crippen LogP contribution in [0, 0.1) is 0 Å². The molecule has 24 heavy (non-hydrogen) atoms. The highest BCUT2D eigenvalue weighted by molar-refractivity contribution is 9.10. The van der Waals surface area contributed by atoms with Gasteiger partial charge in [-0.1, -0.05) is 0 Å². The summed E-state index contributed by atoms with van der Waals surface area (Å²) >= 11 is 3.18. The maximum absolute atomic E-state index is 13.1. The van der Waals surface area contributed by atoms with Crippen molar-refractivity contribution in [2.75, 3.05) is 18.8 Å². The van der Waals surface area contributed by atoms with Gasteiger partial charge < -0.3 is 15.8 Å². The molecule has 0 bridgehead atoms. The lowest BCUT2D eigenvalue weighted by Gasteiger charge is -2.30. The maximum atomic E-state index is 13.1. The van der Waals surface area contributed by atoms with E-state index >= 15 is 0 Å². The highest BCUT2D eigenvalue weighted by Gasteiger charge is 2.41. The number of nitrogen functional groups attached to an aromatic ring is 1. The molecule has 0 aliphatic carbocycles. The molecule has 2 heterocycles.